The molecule has 536 valence electrons. The van der Waals surface area contributed by atoms with Gasteiger partial charge in [-0.05, 0) is 133 Å². The van der Waals surface area contributed by atoms with E-state index in [1.54, 1.807) is 27.9 Å². The zero-order valence-corrected chi connectivity index (χ0v) is 59.4. The summed E-state index contributed by atoms with van der Waals surface area (Å²) in [6.07, 6.45) is 6.37. The van der Waals surface area contributed by atoms with Gasteiger partial charge in [0.05, 0.1) is 12.5 Å². The molecule has 7 fully saturated rings. The first-order valence-corrected chi connectivity index (χ1v) is 36.0. The van der Waals surface area contributed by atoms with Crippen LogP contribution in [0.3, 0.4) is 0 Å². The van der Waals surface area contributed by atoms with Gasteiger partial charge in [-0.3, -0.25) is 52.7 Å². The van der Waals surface area contributed by atoms with E-state index in [1.807, 2.05) is 27.7 Å². The van der Waals surface area contributed by atoms with Crippen LogP contribution in [0.2, 0.25) is 0 Å². The van der Waals surface area contributed by atoms with Crippen molar-refractivity contribution in [3.63, 3.8) is 0 Å². The van der Waals surface area contributed by atoms with Crippen LogP contribution >= 0.6 is 11.6 Å². The summed E-state index contributed by atoms with van der Waals surface area (Å²) in [7, 11) is 9.09. The van der Waals surface area contributed by atoms with E-state index in [4.69, 9.17) is 11.6 Å². The van der Waals surface area contributed by atoms with Crippen LogP contribution in [0.1, 0.15) is 202 Å². The van der Waals surface area contributed by atoms with Gasteiger partial charge in [0.1, 0.15) is 53.9 Å². The number of nitrogens with zero attached hydrogens (tertiary/aromatic N) is 8. The van der Waals surface area contributed by atoms with Gasteiger partial charge in [-0.1, -0.05) is 91.9 Å². The third-order valence-corrected chi connectivity index (χ3v) is 23.3. The van der Waals surface area contributed by atoms with Gasteiger partial charge in [0.2, 0.25) is 65.0 Å². The van der Waals surface area contributed by atoms with Crippen molar-refractivity contribution < 1.29 is 65.9 Å². The van der Waals surface area contributed by atoms with Gasteiger partial charge in [-0.25, -0.2) is 0 Å². The lowest BCUT2D eigenvalue weighted by Gasteiger charge is -2.45. The highest BCUT2D eigenvalue weighted by molar-refractivity contribution is 6.20. The Morgan fingerprint density at radius 3 is 1.81 bits per heavy atom. The van der Waals surface area contributed by atoms with E-state index in [1.165, 1.54) is 67.4 Å². The molecular weight excluding hydrogens is 1250 g/mol. The predicted molar refractivity (Wildman–Crippen MR) is 352 cm³/mol. The van der Waals surface area contributed by atoms with E-state index in [-0.39, 0.29) is 114 Å². The zero-order chi connectivity index (χ0) is 70.1. The molecule has 0 aromatic rings. The highest BCUT2D eigenvalue weighted by Gasteiger charge is 2.52. The van der Waals surface area contributed by atoms with E-state index < -0.39 is 155 Å². The molecule has 26 heteroatoms. The first-order valence-electron chi connectivity index (χ1n) is 35.5. The van der Waals surface area contributed by atoms with Crippen molar-refractivity contribution >= 4 is 76.6 Å². The second-order valence-corrected chi connectivity index (χ2v) is 30.4. The van der Waals surface area contributed by atoms with Crippen molar-refractivity contribution in [2.45, 2.75) is 274 Å². The molecule has 0 aromatic carbocycles. The first kappa shape index (κ1) is 76.6. The number of rotatable bonds is 10. The van der Waals surface area contributed by atoms with Crippen molar-refractivity contribution in [1.29, 1.82) is 0 Å². The average Bonchev–Trinajstić information content (AvgIpc) is 1.70. The molecule has 3 unspecified atom stereocenters. The Hall–Kier alpha value is -5.75. The lowest BCUT2D eigenvalue weighted by atomic mass is 9.78. The van der Waals surface area contributed by atoms with Crippen LogP contribution in [-0.2, 0) is 52.7 Å². The quantitative estimate of drug-likeness (QED) is 0.196. The minimum Gasteiger partial charge on any atom is -0.343 e. The van der Waals surface area contributed by atoms with E-state index >= 15 is 14.4 Å². The van der Waals surface area contributed by atoms with Gasteiger partial charge in [0.15, 0.2) is 0 Å². The standard InChI is InChI=1S/C69H111ClF3N11O11/c1-13-42(4)57-65(93)79(9)44(6)61(89)84-35-31-52(84)64(92)81(11)54(39-45-22-15-14-16-23-45)63(91)77(7)40-55(85)74-50(30-28-46-27-29-48(49(70)38-46)69(71,72)73)62(90)83-34-21-26-51(83)60(88)76-68(32-19-20-33-68)67(95)82(12)58(47-24-17-18-25-47)66(94)78(8)43(5)37-56(86)80(10)53(36-41(2)3)59(87)75-57/h41-54,57-58H,13-40H2,1-12H3,(H,74,85)(H,75,87)(H,76,88)/t42-,43+,44-,46?,48?,49?,50-,51-,52-,53-,54-,57-,58-/m0/s1. The van der Waals surface area contributed by atoms with Crippen LogP contribution in [0.5, 0.6) is 0 Å². The largest absolute Gasteiger partial charge is 0.393 e. The van der Waals surface area contributed by atoms with Crippen LogP contribution < -0.4 is 16.0 Å². The molecule has 95 heavy (non-hydrogen) atoms. The molecule has 3 aliphatic heterocycles. The summed E-state index contributed by atoms with van der Waals surface area (Å²) in [6, 6.07) is -9.47. The molecule has 22 nitrogen and oxygen atoms in total. The molecule has 11 amide bonds. The van der Waals surface area contributed by atoms with Gasteiger partial charge in [0.25, 0.3) is 0 Å². The third kappa shape index (κ3) is 18.1. The summed E-state index contributed by atoms with van der Waals surface area (Å²) in [5, 5.41) is 7.72. The number of halogens is 4. The molecular formula is C69H111ClF3N11O11. The van der Waals surface area contributed by atoms with Crippen molar-refractivity contribution in [1.82, 2.24) is 55.1 Å². The fourth-order valence-corrected chi connectivity index (χ4v) is 16.6. The summed E-state index contributed by atoms with van der Waals surface area (Å²) in [5.41, 5.74) is -1.46. The predicted octanol–water partition coefficient (Wildman–Crippen LogP) is 6.63. The Morgan fingerprint density at radius 1 is 0.589 bits per heavy atom. The molecule has 4 aliphatic carbocycles. The lowest BCUT2D eigenvalue weighted by Crippen LogP contribution is -2.65. The molecule has 3 N–H and O–H groups in total. The maximum Gasteiger partial charge on any atom is 0.393 e. The minimum atomic E-state index is -4.49. The second-order valence-electron chi connectivity index (χ2n) is 29.8. The topological polar surface area (TPSA) is 250 Å². The van der Waals surface area contributed by atoms with E-state index in [0.717, 1.165) is 44.9 Å². The van der Waals surface area contributed by atoms with Gasteiger partial charge in [-0.15, -0.1) is 11.6 Å². The van der Waals surface area contributed by atoms with Gasteiger partial charge >= 0.3 is 6.18 Å². The Morgan fingerprint density at radius 2 is 1.22 bits per heavy atom. The van der Waals surface area contributed by atoms with Crippen molar-refractivity contribution in [3.8, 4) is 0 Å². The molecule has 3 saturated heterocycles. The lowest BCUT2D eigenvalue weighted by molar-refractivity contribution is -0.182. The number of alkyl halides is 4. The van der Waals surface area contributed by atoms with Crippen LogP contribution in [0, 0.1) is 35.5 Å². The summed E-state index contributed by atoms with van der Waals surface area (Å²) in [5.74, 6) is -8.75. The number of nitrogens with one attached hydrogen (secondary N) is 3. The van der Waals surface area contributed by atoms with Crippen LogP contribution in [-0.4, -0.2) is 238 Å². The average molecular weight is 1360 g/mol. The first-order chi connectivity index (χ1) is 44.7. The van der Waals surface area contributed by atoms with Crippen molar-refractivity contribution in [3.05, 3.63) is 0 Å². The Bertz CT molecular complexity index is 2760. The molecule has 13 atom stereocenters. The Labute approximate surface area is 566 Å². The molecule has 0 aromatic heterocycles. The van der Waals surface area contributed by atoms with E-state index in [0.29, 0.717) is 38.5 Å². The van der Waals surface area contributed by atoms with E-state index in [9.17, 15) is 51.5 Å². The van der Waals surface area contributed by atoms with E-state index in [2.05, 4.69) is 16.0 Å². The zero-order valence-electron chi connectivity index (χ0n) is 58.6. The number of carbonyl (C=O) groups is 11. The van der Waals surface area contributed by atoms with Crippen molar-refractivity contribution in [2.24, 2.45) is 35.5 Å². The summed E-state index contributed by atoms with van der Waals surface area (Å²) in [6.45, 7) is 10.5. The Balaban J connectivity index is 1.24. The van der Waals surface area contributed by atoms with Crippen LogP contribution in [0.15, 0.2) is 0 Å². The fraction of sp³-hybridized carbons (Fsp3) is 0.841. The minimum absolute atomic E-state index is 0.0205. The molecule has 3 heterocycles. The normalized spacial score (nSPS) is 32.0. The molecule has 7 aliphatic rings. The molecule has 0 radical (unpaired) electrons. The van der Waals surface area contributed by atoms with Gasteiger partial charge < -0.3 is 55.1 Å². The third-order valence-electron chi connectivity index (χ3n) is 22.8. The SMILES string of the molecule is CC[C@H](C)[C@@H]1NC(=O)[C@H](CC(C)C)N(C)C(=O)C[C@@H](C)N(C)C(=O)[C@H](C2CCCC2)N(C)C(=O)C2(CCCC2)NC(=O)[C@@H]2CCCN2C(=O)[C@H](CCC2CCC(C(F)(F)F)C(Cl)C2)NC(=O)CN(C)C(=O)[C@H](CC2CCCCC2)N(C)C(=O)[C@@H]2CCN2C(=O)[C@H](C)N(C)C1=O. The summed E-state index contributed by atoms with van der Waals surface area (Å²) < 4.78 is 41.9. The van der Waals surface area contributed by atoms with Gasteiger partial charge in [0, 0.05) is 73.2 Å². The van der Waals surface area contributed by atoms with Gasteiger partial charge in [-0.2, -0.15) is 13.2 Å². The molecule has 7 rings (SSSR count). The van der Waals surface area contributed by atoms with Crippen LogP contribution in [0.4, 0.5) is 13.2 Å². The number of likely N-dealkylation sites (N-methyl/N-ethyl adjacent to an activating group) is 6. The highest BCUT2D eigenvalue weighted by atomic mass is 35.5. The molecule has 1 spiro atoms. The summed E-state index contributed by atoms with van der Waals surface area (Å²) in [4.78, 5) is 174. The highest BCUT2D eigenvalue weighted by Crippen LogP contribution is 2.44. The fourth-order valence-electron chi connectivity index (χ4n) is 16.1. The van der Waals surface area contributed by atoms with Crippen LogP contribution in [0.25, 0.3) is 0 Å². The molecule has 4 saturated carbocycles. The summed E-state index contributed by atoms with van der Waals surface area (Å²) >= 11 is 6.40. The number of carbonyl (C=O) groups excluding carboxylic acids is 11. The maximum atomic E-state index is 15.4. The smallest absolute Gasteiger partial charge is 0.343 e. The van der Waals surface area contributed by atoms with Crippen molar-refractivity contribution in [2.75, 3.05) is 61.9 Å². The number of hydrogen-bond donors (Lipinski definition) is 3. The second kappa shape index (κ2) is 33.2. The number of hydrogen-bond acceptors (Lipinski definition) is 11. The molecule has 0 bridgehead atoms. The number of fused-ring (bicyclic) bond motifs is 2. The monoisotopic (exact) mass is 1360 g/mol. The number of amides is 11. The Kier molecular flexibility index (Phi) is 26.8. The maximum absolute atomic E-state index is 15.4.